The van der Waals surface area contributed by atoms with Crippen molar-refractivity contribution in [2.45, 2.75) is 139 Å². The minimum Gasteiger partial charge on any atom is -0.354 e. The van der Waals surface area contributed by atoms with Gasteiger partial charge in [-0.2, -0.15) is 0 Å². The van der Waals surface area contributed by atoms with Crippen LogP contribution in [0.3, 0.4) is 0 Å². The van der Waals surface area contributed by atoms with Crippen LogP contribution in [0.5, 0.6) is 0 Å². The molecule has 3 aliphatic heterocycles. The van der Waals surface area contributed by atoms with Gasteiger partial charge in [-0.1, -0.05) is 73.5 Å². The van der Waals surface area contributed by atoms with Crippen molar-refractivity contribution < 1.29 is 33.6 Å². The van der Waals surface area contributed by atoms with Gasteiger partial charge in [0.15, 0.2) is 0 Å². The second-order valence-corrected chi connectivity index (χ2v) is 19.3. The maximum atomic E-state index is 14.2. The maximum Gasteiger partial charge on any atom is 0.317 e. The first-order valence-electron chi connectivity index (χ1n) is 25.9. The lowest BCUT2D eigenvalue weighted by Crippen LogP contribution is -2.63. The molecule has 0 saturated carbocycles. The van der Waals surface area contributed by atoms with E-state index in [1.165, 1.54) is 0 Å². The number of urea groups is 2. The fourth-order valence-electron chi connectivity index (χ4n) is 9.78. The van der Waals surface area contributed by atoms with Gasteiger partial charge in [-0.15, -0.1) is 0 Å². The summed E-state index contributed by atoms with van der Waals surface area (Å²) in [6.07, 6.45) is 8.85. The van der Waals surface area contributed by atoms with Crippen molar-refractivity contribution in [2.24, 2.45) is 0 Å². The molecule has 3 fully saturated rings. The van der Waals surface area contributed by atoms with Gasteiger partial charge < -0.3 is 56.7 Å². The lowest BCUT2D eigenvalue weighted by atomic mass is 10.1. The van der Waals surface area contributed by atoms with Gasteiger partial charge in [0.2, 0.25) is 23.6 Å². The summed E-state index contributed by atoms with van der Waals surface area (Å²) in [4.78, 5) is 100. The molecule has 3 heterocycles. The highest BCUT2D eigenvalue weighted by atomic mass is 16.2. The summed E-state index contributed by atoms with van der Waals surface area (Å²) in [7, 11) is 5.39. The first-order valence-corrected chi connectivity index (χ1v) is 25.9. The van der Waals surface area contributed by atoms with E-state index in [9.17, 15) is 33.6 Å². The van der Waals surface area contributed by atoms with Crippen molar-refractivity contribution in [1.29, 1.82) is 0 Å². The number of rotatable bonds is 27. The minimum atomic E-state index is -0.902. The Balaban J connectivity index is 1.05. The van der Waals surface area contributed by atoms with Crippen molar-refractivity contribution in [2.75, 3.05) is 73.5 Å². The number of likely N-dealkylation sites (tertiary alicyclic amines) is 1. The molecule has 0 aromatic heterocycles. The van der Waals surface area contributed by atoms with Gasteiger partial charge in [0.05, 0.1) is 18.2 Å². The van der Waals surface area contributed by atoms with E-state index in [1.807, 2.05) is 74.6 Å². The van der Waals surface area contributed by atoms with Crippen LogP contribution in [-0.4, -0.2) is 184 Å². The standard InChI is InChI=1S/C52H82N12O7/c1-37(53-3)47(66)60-41(36-65)34-62(32-26-42-20-22-45(61(42)5)48(67)55-30-24-39-16-10-8-11-17-39)51(70)57-28-14-6-7-15-29-58-52(71)63-33-27-43-21-23-46(49(68)56-31-25-40-18-12-9-13-19-40)64(43)50(69)44(35-63)59-38(2)54-4/h8-13,16-19,36-38,41-46,53-54,59H,6-7,14-15,20-35H2,1-5H3,(H,55,67)(H,56,68)(H,57,70)(H,58,71)(H,60,66)/t37-,38?,41-,42+,43+,44?,45-,46?/m0/s1. The van der Waals surface area contributed by atoms with Crippen molar-refractivity contribution in [1.82, 2.24) is 62.1 Å². The number of hydrogen-bond donors (Lipinski definition) is 8. The molecule has 0 aliphatic carbocycles. The number of carbonyl (C=O) groups excluding carboxylic acids is 7. The molecule has 19 heteroatoms. The van der Waals surface area contributed by atoms with Gasteiger partial charge >= 0.3 is 12.1 Å². The molecule has 19 nitrogen and oxygen atoms in total. The summed E-state index contributed by atoms with van der Waals surface area (Å²) >= 11 is 0. The van der Waals surface area contributed by atoms with Gasteiger partial charge in [0.25, 0.3) is 0 Å². The quantitative estimate of drug-likeness (QED) is 0.0365. The number of hydrogen-bond acceptors (Lipinski definition) is 11. The van der Waals surface area contributed by atoms with Crippen LogP contribution < -0.4 is 42.5 Å². The number of amides is 8. The smallest absolute Gasteiger partial charge is 0.317 e. The summed E-state index contributed by atoms with van der Waals surface area (Å²) in [6, 6.07) is 16.4. The predicted octanol–water partition coefficient (Wildman–Crippen LogP) is 1.72. The number of nitrogens with one attached hydrogen (secondary N) is 8. The third kappa shape index (κ3) is 17.6. The van der Waals surface area contributed by atoms with Gasteiger partial charge in [-0.05, 0) is 110 Å². The Morgan fingerprint density at radius 1 is 0.732 bits per heavy atom. The second kappa shape index (κ2) is 29.7. The normalized spacial score (nSPS) is 21.5. The lowest BCUT2D eigenvalue weighted by molar-refractivity contribution is -0.143. The SMILES string of the molecule is CNC(C)NC1CN(C(=O)NCCCCCCNC(=O)N(CC[C@H]2CC[C@@H](C(=O)NCCc3ccccc3)N2C)C[C@@H](C=O)NC(=O)[C@H](C)NC)CC[C@H]2CCC(C(=O)NCCc3ccccc3)N2C1=O. The predicted molar refractivity (Wildman–Crippen MR) is 274 cm³/mol. The van der Waals surface area contributed by atoms with Crippen LogP contribution in [-0.2, 0) is 36.8 Å². The Hall–Kier alpha value is -5.63. The van der Waals surface area contributed by atoms with Gasteiger partial charge in [-0.3, -0.25) is 29.4 Å². The summed E-state index contributed by atoms with van der Waals surface area (Å²) in [5.41, 5.74) is 2.29. The number of benzene rings is 2. The molecule has 392 valence electrons. The second-order valence-electron chi connectivity index (χ2n) is 19.3. The van der Waals surface area contributed by atoms with Crippen LogP contribution in [0.15, 0.2) is 60.7 Å². The molecule has 71 heavy (non-hydrogen) atoms. The van der Waals surface area contributed by atoms with E-state index < -0.39 is 24.2 Å². The zero-order chi connectivity index (χ0) is 51.1. The Morgan fingerprint density at radius 2 is 1.34 bits per heavy atom. The third-order valence-corrected chi connectivity index (χ3v) is 14.3. The summed E-state index contributed by atoms with van der Waals surface area (Å²) < 4.78 is 0. The van der Waals surface area contributed by atoms with E-state index in [-0.39, 0.29) is 73.1 Å². The molecule has 2 aromatic rings. The van der Waals surface area contributed by atoms with Crippen molar-refractivity contribution in [3.8, 4) is 0 Å². The third-order valence-electron chi connectivity index (χ3n) is 14.3. The topological polar surface area (TPSA) is 229 Å². The Morgan fingerprint density at radius 3 is 1.94 bits per heavy atom. The highest BCUT2D eigenvalue weighted by molar-refractivity contribution is 5.91. The van der Waals surface area contributed by atoms with Crippen molar-refractivity contribution in [3.63, 3.8) is 0 Å². The Kier molecular flexibility index (Phi) is 23.5. The monoisotopic (exact) mass is 987 g/mol. The number of aldehydes is 1. The fraction of sp³-hybridized carbons (Fsp3) is 0.635. The lowest BCUT2D eigenvalue weighted by Gasteiger charge is -2.39. The van der Waals surface area contributed by atoms with Gasteiger partial charge in [-0.25, -0.2) is 9.59 Å². The first-order chi connectivity index (χ1) is 34.3. The molecule has 5 rings (SSSR count). The molecule has 2 aromatic carbocycles. The average Bonchev–Trinajstić information content (AvgIpc) is 3.98. The van der Waals surface area contributed by atoms with E-state index >= 15 is 0 Å². The van der Waals surface area contributed by atoms with Crippen LogP contribution in [0.4, 0.5) is 9.59 Å². The van der Waals surface area contributed by atoms with Crippen molar-refractivity contribution in [3.05, 3.63) is 71.8 Å². The fourth-order valence-corrected chi connectivity index (χ4v) is 9.78. The maximum absolute atomic E-state index is 14.2. The van der Waals surface area contributed by atoms with E-state index in [1.54, 1.807) is 35.7 Å². The van der Waals surface area contributed by atoms with Gasteiger partial charge in [0.1, 0.15) is 24.4 Å². The van der Waals surface area contributed by atoms with Crippen molar-refractivity contribution >= 4 is 42.0 Å². The number of carbonyl (C=O) groups is 7. The van der Waals surface area contributed by atoms with E-state index in [0.717, 1.165) is 43.2 Å². The number of nitrogens with zero attached hydrogens (tertiary/aromatic N) is 4. The molecule has 3 unspecified atom stereocenters. The molecule has 0 bridgehead atoms. The largest absolute Gasteiger partial charge is 0.354 e. The molecular formula is C52H82N12O7. The number of unbranched alkanes of at least 4 members (excludes halogenated alkanes) is 3. The summed E-state index contributed by atoms with van der Waals surface area (Å²) in [5.74, 6) is -0.670. The zero-order valence-corrected chi connectivity index (χ0v) is 42.8. The Labute approximate surface area is 421 Å². The highest BCUT2D eigenvalue weighted by Gasteiger charge is 2.45. The highest BCUT2D eigenvalue weighted by Crippen LogP contribution is 2.30. The first kappa shape index (κ1) is 56.3. The summed E-state index contributed by atoms with van der Waals surface area (Å²) in [6.45, 7) is 6.43. The molecule has 0 radical (unpaired) electrons. The van der Waals surface area contributed by atoms with Crippen LogP contribution in [0, 0.1) is 0 Å². The number of fused-ring (bicyclic) bond motifs is 1. The Bertz CT molecular complexity index is 2000. The van der Waals surface area contributed by atoms with E-state index in [4.69, 9.17) is 0 Å². The van der Waals surface area contributed by atoms with Crippen LogP contribution >= 0.6 is 0 Å². The summed E-state index contributed by atoms with van der Waals surface area (Å²) in [5, 5.41) is 24.3. The van der Waals surface area contributed by atoms with Crippen LogP contribution in [0.2, 0.25) is 0 Å². The van der Waals surface area contributed by atoms with Crippen LogP contribution in [0.1, 0.15) is 89.2 Å². The molecule has 3 saturated heterocycles. The van der Waals surface area contributed by atoms with Crippen LogP contribution in [0.25, 0.3) is 0 Å². The molecule has 8 N–H and O–H groups in total. The van der Waals surface area contributed by atoms with E-state index in [0.29, 0.717) is 90.5 Å². The van der Waals surface area contributed by atoms with E-state index in [2.05, 4.69) is 47.4 Å². The molecule has 3 aliphatic rings. The average molecular weight is 987 g/mol. The minimum absolute atomic E-state index is 0.000292. The number of likely N-dealkylation sites (N-methyl/N-ethyl adjacent to an activating group) is 2. The molecular weight excluding hydrogens is 905 g/mol. The van der Waals surface area contributed by atoms with Gasteiger partial charge in [0, 0.05) is 64.4 Å². The zero-order valence-electron chi connectivity index (χ0n) is 42.8. The molecule has 8 amide bonds. The molecule has 0 spiro atoms. The molecule has 8 atom stereocenters.